The second-order valence-electron chi connectivity index (χ2n) is 4.98. The minimum Gasteiger partial charge on any atom is -0.489 e. The monoisotopic (exact) mass is 238 g/mol. The van der Waals surface area contributed by atoms with Crippen molar-refractivity contribution < 1.29 is 14.2 Å². The average molecular weight is 238 g/mol. The number of pyridine rings is 1. The number of hydrogen-bond donors (Lipinski definition) is 1. The summed E-state index contributed by atoms with van der Waals surface area (Å²) in [7, 11) is 0. The van der Waals surface area contributed by atoms with Gasteiger partial charge in [-0.05, 0) is 20.8 Å². The Hall–Kier alpha value is -1.33. The molecular weight excluding hydrogens is 220 g/mol. The molecule has 17 heavy (non-hydrogen) atoms. The maximum atomic E-state index is 5.79. The first-order valence-electron chi connectivity index (χ1n) is 5.56. The zero-order valence-corrected chi connectivity index (χ0v) is 10.4. The maximum absolute atomic E-state index is 5.79. The molecule has 0 radical (unpaired) electrons. The van der Waals surface area contributed by atoms with Gasteiger partial charge in [0.25, 0.3) is 0 Å². The van der Waals surface area contributed by atoms with Crippen LogP contribution in [0.2, 0.25) is 0 Å². The van der Waals surface area contributed by atoms with Crippen molar-refractivity contribution in [2.24, 2.45) is 0 Å². The predicted molar refractivity (Wildman–Crippen MR) is 63.7 cm³/mol. The minimum absolute atomic E-state index is 0.404. The molecule has 1 aliphatic heterocycles. The molecule has 2 N–H and O–H groups in total. The lowest BCUT2D eigenvalue weighted by Crippen LogP contribution is -2.37. The van der Waals surface area contributed by atoms with Crippen LogP contribution in [-0.2, 0) is 9.47 Å². The molecular formula is C12H18N2O3. The number of anilines is 1. The highest BCUT2D eigenvalue weighted by Crippen LogP contribution is 2.31. The molecule has 0 spiro atoms. The van der Waals surface area contributed by atoms with Crippen LogP contribution in [0.3, 0.4) is 0 Å². The van der Waals surface area contributed by atoms with Crippen LogP contribution in [-0.4, -0.2) is 29.6 Å². The summed E-state index contributed by atoms with van der Waals surface area (Å²) in [6.45, 7) is 6.65. The molecule has 0 amide bonds. The smallest absolute Gasteiger partial charge is 0.163 e. The van der Waals surface area contributed by atoms with E-state index in [0.717, 1.165) is 0 Å². The Morgan fingerprint density at radius 2 is 2.18 bits per heavy atom. The molecule has 5 nitrogen and oxygen atoms in total. The van der Waals surface area contributed by atoms with Crippen LogP contribution in [0.4, 0.5) is 5.69 Å². The van der Waals surface area contributed by atoms with Gasteiger partial charge >= 0.3 is 0 Å². The van der Waals surface area contributed by atoms with Gasteiger partial charge in [0.05, 0.1) is 24.7 Å². The first-order chi connectivity index (χ1) is 7.89. The van der Waals surface area contributed by atoms with Gasteiger partial charge in [-0.2, -0.15) is 0 Å². The molecule has 0 aliphatic carbocycles. The van der Waals surface area contributed by atoms with E-state index >= 15 is 0 Å². The summed E-state index contributed by atoms with van der Waals surface area (Å²) in [4.78, 5) is 3.96. The van der Waals surface area contributed by atoms with E-state index in [1.54, 1.807) is 18.5 Å². The number of aromatic nitrogens is 1. The van der Waals surface area contributed by atoms with Crippen molar-refractivity contribution in [3.05, 3.63) is 18.5 Å². The van der Waals surface area contributed by atoms with Crippen LogP contribution in [0.5, 0.6) is 5.75 Å². The lowest BCUT2D eigenvalue weighted by atomic mass is 10.1. The topological polar surface area (TPSA) is 66.6 Å². The van der Waals surface area contributed by atoms with Crippen LogP contribution in [0.1, 0.15) is 20.8 Å². The van der Waals surface area contributed by atoms with E-state index < -0.39 is 11.4 Å². The van der Waals surface area contributed by atoms with Gasteiger partial charge in [-0.3, -0.25) is 4.98 Å². The largest absolute Gasteiger partial charge is 0.489 e. The van der Waals surface area contributed by atoms with E-state index in [1.807, 2.05) is 20.8 Å². The Morgan fingerprint density at radius 1 is 1.41 bits per heavy atom. The molecule has 0 aromatic carbocycles. The molecule has 1 saturated heterocycles. The third-order valence-corrected chi connectivity index (χ3v) is 2.50. The van der Waals surface area contributed by atoms with Crippen LogP contribution >= 0.6 is 0 Å². The summed E-state index contributed by atoms with van der Waals surface area (Å²) in [6, 6.07) is 1.73. The van der Waals surface area contributed by atoms with Gasteiger partial charge in [-0.1, -0.05) is 0 Å². The molecule has 1 aliphatic rings. The zero-order chi connectivity index (χ0) is 12.5. The summed E-state index contributed by atoms with van der Waals surface area (Å²) in [6.07, 6.45) is 3.20. The number of hydrogen-bond acceptors (Lipinski definition) is 5. The third kappa shape index (κ3) is 3.08. The van der Waals surface area contributed by atoms with Crippen LogP contribution < -0.4 is 10.5 Å². The Balaban J connectivity index is 1.95. The first kappa shape index (κ1) is 12.1. The molecule has 2 heterocycles. The van der Waals surface area contributed by atoms with E-state index in [1.165, 1.54) is 0 Å². The van der Waals surface area contributed by atoms with Gasteiger partial charge in [-0.15, -0.1) is 0 Å². The summed E-state index contributed by atoms with van der Waals surface area (Å²) in [5.41, 5.74) is 5.76. The Kier molecular flexibility index (Phi) is 2.97. The third-order valence-electron chi connectivity index (χ3n) is 2.50. The number of ether oxygens (including phenoxy) is 3. The van der Waals surface area contributed by atoms with Crippen molar-refractivity contribution in [3.8, 4) is 5.75 Å². The van der Waals surface area contributed by atoms with E-state index in [2.05, 4.69) is 4.98 Å². The van der Waals surface area contributed by atoms with Gasteiger partial charge < -0.3 is 19.9 Å². The molecule has 0 bridgehead atoms. The highest BCUT2D eigenvalue weighted by atomic mass is 16.8. The maximum Gasteiger partial charge on any atom is 0.163 e. The fourth-order valence-electron chi connectivity index (χ4n) is 1.80. The van der Waals surface area contributed by atoms with E-state index in [9.17, 15) is 0 Å². The number of nitrogens with two attached hydrogens (primary N) is 1. The first-order valence-corrected chi connectivity index (χ1v) is 5.56. The van der Waals surface area contributed by atoms with Crippen LogP contribution in [0.15, 0.2) is 18.5 Å². The van der Waals surface area contributed by atoms with Crippen LogP contribution in [0.25, 0.3) is 0 Å². The molecule has 1 aromatic heterocycles. The van der Waals surface area contributed by atoms with Crippen molar-refractivity contribution in [1.82, 2.24) is 4.98 Å². The van der Waals surface area contributed by atoms with Crippen molar-refractivity contribution in [2.45, 2.75) is 32.2 Å². The zero-order valence-electron chi connectivity index (χ0n) is 10.4. The standard InChI is InChI=1S/C12H18N2O3/c1-11(2)16-8-12(3,17-11)7-15-10-4-9(13)5-14-6-10/h4-6H,7-8,13H2,1-3H3/t12-/m0/s1. The number of nitrogen functional groups attached to an aromatic ring is 1. The summed E-state index contributed by atoms with van der Waals surface area (Å²) < 4.78 is 16.9. The van der Waals surface area contributed by atoms with Crippen LogP contribution in [0, 0.1) is 0 Å². The second kappa shape index (κ2) is 4.16. The van der Waals surface area contributed by atoms with Gasteiger partial charge in [0, 0.05) is 6.07 Å². The van der Waals surface area contributed by atoms with Gasteiger partial charge in [0.1, 0.15) is 18.0 Å². The summed E-state index contributed by atoms with van der Waals surface area (Å²) in [5.74, 6) is 0.0889. The molecule has 2 rings (SSSR count). The average Bonchev–Trinajstić information content (AvgIpc) is 2.51. The molecule has 94 valence electrons. The fourth-order valence-corrected chi connectivity index (χ4v) is 1.80. The Bertz CT molecular complexity index is 408. The SMILES string of the molecule is CC1(C)OC[C@](C)(COc2cncc(N)c2)O1. The lowest BCUT2D eigenvalue weighted by Gasteiger charge is -2.25. The van der Waals surface area contributed by atoms with Gasteiger partial charge in [0.2, 0.25) is 0 Å². The highest BCUT2D eigenvalue weighted by Gasteiger charge is 2.42. The normalized spacial score (nSPS) is 27.0. The molecule has 5 heteroatoms. The van der Waals surface area contributed by atoms with Crippen molar-refractivity contribution in [2.75, 3.05) is 18.9 Å². The number of rotatable bonds is 3. The minimum atomic E-state index is -0.550. The Morgan fingerprint density at radius 3 is 2.76 bits per heavy atom. The Labute approximate surface area is 101 Å². The lowest BCUT2D eigenvalue weighted by molar-refractivity contribution is -0.162. The quantitative estimate of drug-likeness (QED) is 0.866. The fraction of sp³-hybridized carbons (Fsp3) is 0.583. The van der Waals surface area contributed by atoms with Crippen molar-refractivity contribution >= 4 is 5.69 Å². The summed E-state index contributed by atoms with van der Waals surface area (Å²) in [5, 5.41) is 0. The van der Waals surface area contributed by atoms with Gasteiger partial charge in [0.15, 0.2) is 5.79 Å². The van der Waals surface area contributed by atoms with Crippen molar-refractivity contribution in [3.63, 3.8) is 0 Å². The van der Waals surface area contributed by atoms with E-state index in [0.29, 0.717) is 24.7 Å². The molecule has 0 saturated carbocycles. The highest BCUT2D eigenvalue weighted by molar-refractivity contribution is 5.39. The van der Waals surface area contributed by atoms with E-state index in [-0.39, 0.29) is 0 Å². The molecule has 1 aromatic rings. The van der Waals surface area contributed by atoms with E-state index in [4.69, 9.17) is 19.9 Å². The van der Waals surface area contributed by atoms with Crippen molar-refractivity contribution in [1.29, 1.82) is 0 Å². The molecule has 1 atom stereocenters. The van der Waals surface area contributed by atoms with Gasteiger partial charge in [-0.25, -0.2) is 0 Å². The molecule has 1 fully saturated rings. The summed E-state index contributed by atoms with van der Waals surface area (Å²) >= 11 is 0. The molecule has 0 unspecified atom stereocenters. The predicted octanol–water partition coefficient (Wildman–Crippen LogP) is 1.58. The number of nitrogens with zero attached hydrogens (tertiary/aromatic N) is 1. The second-order valence-corrected chi connectivity index (χ2v) is 4.98.